The van der Waals surface area contributed by atoms with E-state index in [0.717, 1.165) is 44.3 Å². The van der Waals surface area contributed by atoms with Crippen LogP contribution < -0.4 is 0 Å². The van der Waals surface area contributed by atoms with Crippen molar-refractivity contribution in [1.29, 1.82) is 0 Å². The summed E-state index contributed by atoms with van der Waals surface area (Å²) in [4.78, 5) is 23.9. The summed E-state index contributed by atoms with van der Waals surface area (Å²) in [6, 6.07) is 0. The van der Waals surface area contributed by atoms with Crippen LogP contribution in [0.25, 0.3) is 0 Å². The molecule has 5 nitrogen and oxygen atoms in total. The third kappa shape index (κ3) is 5.41. The highest BCUT2D eigenvalue weighted by atomic mass is 32.2. The van der Waals surface area contributed by atoms with Gasteiger partial charge < -0.3 is 14.7 Å². The number of carbonyl (C=O) groups excluding carboxylic acids is 1. The Kier molecular flexibility index (Phi) is 6.36. The van der Waals surface area contributed by atoms with Gasteiger partial charge in [0.25, 0.3) is 0 Å². The number of methoxy groups -OCH3 is 1. The van der Waals surface area contributed by atoms with Gasteiger partial charge >= 0.3 is 5.97 Å². The monoisotopic (exact) mass is 261 g/mol. The first-order valence-corrected chi connectivity index (χ1v) is 6.85. The Hall–Kier alpha value is -0.750. The molecule has 1 aliphatic rings. The highest BCUT2D eigenvalue weighted by Crippen LogP contribution is 2.18. The van der Waals surface area contributed by atoms with Crippen LogP contribution in [0.3, 0.4) is 0 Å². The Morgan fingerprint density at radius 1 is 1.35 bits per heavy atom. The summed E-state index contributed by atoms with van der Waals surface area (Å²) in [6.07, 6.45) is 1.95. The lowest BCUT2D eigenvalue weighted by Gasteiger charge is -2.31. The van der Waals surface area contributed by atoms with Gasteiger partial charge in [0.2, 0.25) is 5.91 Å². The molecule has 0 aromatic heterocycles. The molecule has 0 aromatic rings. The molecule has 1 heterocycles. The zero-order valence-corrected chi connectivity index (χ0v) is 10.9. The van der Waals surface area contributed by atoms with Crippen molar-refractivity contribution in [1.82, 2.24) is 4.90 Å². The molecule has 1 rings (SSSR count). The third-order valence-corrected chi connectivity index (χ3v) is 3.72. The summed E-state index contributed by atoms with van der Waals surface area (Å²) in [7, 11) is 1.69. The zero-order valence-electron chi connectivity index (χ0n) is 10.1. The number of carboxylic acid groups (broad SMARTS) is 1. The molecule has 98 valence electrons. The van der Waals surface area contributed by atoms with E-state index in [1.54, 1.807) is 7.11 Å². The second-order valence-electron chi connectivity index (χ2n) is 4.17. The van der Waals surface area contributed by atoms with Gasteiger partial charge in [-0.25, -0.2) is 0 Å². The number of carboxylic acids is 1. The first-order chi connectivity index (χ1) is 8.13. The molecular weight excluding hydrogens is 242 g/mol. The molecule has 0 aliphatic carbocycles. The molecule has 1 aliphatic heterocycles. The van der Waals surface area contributed by atoms with Gasteiger partial charge in [0.05, 0.1) is 11.5 Å². The molecule has 1 fully saturated rings. The fourth-order valence-electron chi connectivity index (χ4n) is 1.90. The van der Waals surface area contributed by atoms with Crippen molar-refractivity contribution in [2.24, 2.45) is 5.92 Å². The molecular formula is C11H19NO4S. The Balaban J connectivity index is 2.19. The summed E-state index contributed by atoms with van der Waals surface area (Å²) in [5.74, 6) is -0.0166. The number of aliphatic carboxylic acids is 1. The van der Waals surface area contributed by atoms with Crippen molar-refractivity contribution in [3.8, 4) is 0 Å². The van der Waals surface area contributed by atoms with Crippen LogP contribution in [0.4, 0.5) is 0 Å². The summed E-state index contributed by atoms with van der Waals surface area (Å²) in [5, 5.41) is 8.47. The lowest BCUT2D eigenvalue weighted by Crippen LogP contribution is -2.40. The smallest absolute Gasteiger partial charge is 0.313 e. The predicted molar refractivity (Wildman–Crippen MR) is 66.1 cm³/mol. The Bertz CT molecular complexity index is 264. The van der Waals surface area contributed by atoms with Gasteiger partial charge in [-0.3, -0.25) is 9.59 Å². The zero-order chi connectivity index (χ0) is 12.7. The number of ether oxygens (including phenoxy) is 1. The molecule has 1 N–H and O–H groups in total. The van der Waals surface area contributed by atoms with E-state index in [-0.39, 0.29) is 17.4 Å². The number of amides is 1. The summed E-state index contributed by atoms with van der Waals surface area (Å²) in [5.41, 5.74) is 0. The normalized spacial score (nSPS) is 17.1. The number of thioether (sulfide) groups is 1. The number of piperidine rings is 1. The number of carbonyl (C=O) groups is 2. The van der Waals surface area contributed by atoms with E-state index in [1.807, 2.05) is 4.90 Å². The van der Waals surface area contributed by atoms with Gasteiger partial charge in [0.1, 0.15) is 0 Å². The molecule has 0 atom stereocenters. The maximum atomic E-state index is 11.7. The minimum atomic E-state index is -0.874. The second kappa shape index (κ2) is 7.55. The van der Waals surface area contributed by atoms with Gasteiger partial charge in [-0.2, -0.15) is 0 Å². The molecule has 1 saturated heterocycles. The van der Waals surface area contributed by atoms with Crippen LogP contribution in [-0.2, 0) is 14.3 Å². The maximum Gasteiger partial charge on any atom is 0.313 e. The predicted octanol–water partition coefficient (Wildman–Crippen LogP) is 0.689. The number of hydrogen-bond acceptors (Lipinski definition) is 4. The van der Waals surface area contributed by atoms with E-state index < -0.39 is 5.97 Å². The van der Waals surface area contributed by atoms with Gasteiger partial charge in [-0.1, -0.05) is 0 Å². The number of nitrogens with zero attached hydrogens (tertiary/aromatic N) is 1. The first kappa shape index (κ1) is 14.3. The Morgan fingerprint density at radius 3 is 2.53 bits per heavy atom. The van der Waals surface area contributed by atoms with Gasteiger partial charge in [-0.05, 0) is 18.8 Å². The lowest BCUT2D eigenvalue weighted by molar-refractivity contribution is -0.133. The second-order valence-corrected chi connectivity index (χ2v) is 5.15. The van der Waals surface area contributed by atoms with Gasteiger partial charge in [0, 0.05) is 26.8 Å². The van der Waals surface area contributed by atoms with E-state index in [1.165, 1.54) is 0 Å². The number of likely N-dealkylation sites (tertiary alicyclic amines) is 1. The molecule has 0 spiro atoms. The fraction of sp³-hybridized carbons (Fsp3) is 0.818. The highest BCUT2D eigenvalue weighted by molar-refractivity contribution is 8.00. The van der Waals surface area contributed by atoms with Gasteiger partial charge in [-0.15, -0.1) is 11.8 Å². The van der Waals surface area contributed by atoms with Crippen molar-refractivity contribution >= 4 is 23.6 Å². The molecule has 6 heteroatoms. The van der Waals surface area contributed by atoms with Crippen LogP contribution in [0.2, 0.25) is 0 Å². The van der Waals surface area contributed by atoms with Crippen molar-refractivity contribution in [3.05, 3.63) is 0 Å². The minimum Gasteiger partial charge on any atom is -0.481 e. The van der Waals surface area contributed by atoms with Gasteiger partial charge in [0.15, 0.2) is 0 Å². The van der Waals surface area contributed by atoms with E-state index in [4.69, 9.17) is 9.84 Å². The minimum absolute atomic E-state index is 0.00806. The molecule has 1 amide bonds. The van der Waals surface area contributed by atoms with E-state index >= 15 is 0 Å². The molecule has 0 saturated carbocycles. The highest BCUT2D eigenvalue weighted by Gasteiger charge is 2.22. The number of hydrogen-bond donors (Lipinski definition) is 1. The van der Waals surface area contributed by atoms with E-state index in [9.17, 15) is 9.59 Å². The summed E-state index contributed by atoms with van der Waals surface area (Å²) < 4.78 is 5.10. The molecule has 0 radical (unpaired) electrons. The average Bonchev–Trinajstić information content (AvgIpc) is 2.30. The van der Waals surface area contributed by atoms with E-state index in [0.29, 0.717) is 5.92 Å². The average molecular weight is 261 g/mol. The van der Waals surface area contributed by atoms with Crippen LogP contribution >= 0.6 is 11.8 Å². The Labute approximate surface area is 105 Å². The van der Waals surface area contributed by atoms with Crippen LogP contribution in [-0.4, -0.2) is 60.2 Å². The summed E-state index contributed by atoms with van der Waals surface area (Å²) in [6.45, 7) is 2.29. The molecule has 17 heavy (non-hydrogen) atoms. The summed E-state index contributed by atoms with van der Waals surface area (Å²) >= 11 is 1.16. The SMILES string of the molecule is COCC1CCN(C(=O)CSCC(=O)O)CC1. The lowest BCUT2D eigenvalue weighted by atomic mass is 9.98. The van der Waals surface area contributed by atoms with Crippen molar-refractivity contribution in [2.75, 3.05) is 38.3 Å². The third-order valence-electron chi connectivity index (χ3n) is 2.82. The van der Waals surface area contributed by atoms with Crippen LogP contribution in [0.15, 0.2) is 0 Å². The first-order valence-electron chi connectivity index (χ1n) is 5.69. The standard InChI is InChI=1S/C11H19NO4S/c1-16-6-9-2-4-12(5-3-9)10(13)7-17-8-11(14)15/h9H,2-8H2,1H3,(H,14,15). The number of rotatable bonds is 6. The molecule has 0 bridgehead atoms. The van der Waals surface area contributed by atoms with Crippen LogP contribution in [0.1, 0.15) is 12.8 Å². The topological polar surface area (TPSA) is 66.8 Å². The molecule has 0 unspecified atom stereocenters. The van der Waals surface area contributed by atoms with Crippen LogP contribution in [0.5, 0.6) is 0 Å². The van der Waals surface area contributed by atoms with Crippen molar-refractivity contribution < 1.29 is 19.4 Å². The quantitative estimate of drug-likeness (QED) is 0.762. The molecule has 0 aromatic carbocycles. The maximum absolute atomic E-state index is 11.7. The fourth-order valence-corrected chi connectivity index (χ4v) is 2.54. The van der Waals surface area contributed by atoms with Crippen molar-refractivity contribution in [2.45, 2.75) is 12.8 Å². The van der Waals surface area contributed by atoms with Crippen LogP contribution in [0, 0.1) is 5.92 Å². The van der Waals surface area contributed by atoms with E-state index in [2.05, 4.69) is 0 Å². The Morgan fingerprint density at radius 2 is 2.00 bits per heavy atom. The largest absolute Gasteiger partial charge is 0.481 e. The van der Waals surface area contributed by atoms with Crippen molar-refractivity contribution in [3.63, 3.8) is 0 Å².